The number of ether oxygens (including phenoxy) is 2. The third kappa shape index (κ3) is 2.57. The average molecular weight is 247 g/mol. The van der Waals surface area contributed by atoms with Gasteiger partial charge in [0.05, 0.1) is 17.7 Å². The molecule has 2 rings (SSSR count). The van der Waals surface area contributed by atoms with Gasteiger partial charge in [-0.3, -0.25) is 4.98 Å². The molecule has 1 aromatic heterocycles. The van der Waals surface area contributed by atoms with E-state index in [2.05, 4.69) is 4.98 Å². The first-order valence-electron chi connectivity index (χ1n) is 5.46. The summed E-state index contributed by atoms with van der Waals surface area (Å²) in [5.41, 5.74) is 0.814. The minimum Gasteiger partial charge on any atom is -0.490 e. The second kappa shape index (κ2) is 5.46. The molecule has 1 aromatic carbocycles. The van der Waals surface area contributed by atoms with Crippen LogP contribution in [0, 0.1) is 0 Å². The summed E-state index contributed by atoms with van der Waals surface area (Å²) >= 11 is 0. The summed E-state index contributed by atoms with van der Waals surface area (Å²) in [5, 5.41) is 9.70. The molecule has 0 saturated carbocycles. The number of pyridine rings is 1. The molecule has 0 aliphatic heterocycles. The molecule has 0 aliphatic rings. The first kappa shape index (κ1) is 12.3. The van der Waals surface area contributed by atoms with Crippen LogP contribution in [0.25, 0.3) is 10.9 Å². The van der Waals surface area contributed by atoms with Crippen molar-refractivity contribution in [1.82, 2.24) is 4.98 Å². The highest BCUT2D eigenvalue weighted by Gasteiger charge is 2.07. The molecule has 1 heterocycles. The molecule has 18 heavy (non-hydrogen) atoms. The van der Waals surface area contributed by atoms with Crippen LogP contribution in [0.4, 0.5) is 0 Å². The predicted molar refractivity (Wildman–Crippen MR) is 66.1 cm³/mol. The lowest BCUT2D eigenvalue weighted by Gasteiger charge is -2.08. The Hall–Kier alpha value is -2.14. The number of fused-ring (bicyclic) bond motifs is 1. The summed E-state index contributed by atoms with van der Waals surface area (Å²) in [6.45, 7) is 0.938. The van der Waals surface area contributed by atoms with E-state index in [-0.39, 0.29) is 5.56 Å². The predicted octanol–water partition coefficient (Wildman–Crippen LogP) is 1.96. The van der Waals surface area contributed by atoms with Crippen molar-refractivity contribution in [2.24, 2.45) is 0 Å². The van der Waals surface area contributed by atoms with Crippen LogP contribution >= 0.6 is 0 Å². The largest absolute Gasteiger partial charge is 0.490 e. The Bertz CT molecular complexity index is 568. The van der Waals surface area contributed by atoms with Gasteiger partial charge in [-0.05, 0) is 24.3 Å². The van der Waals surface area contributed by atoms with Gasteiger partial charge >= 0.3 is 5.97 Å². The summed E-state index contributed by atoms with van der Waals surface area (Å²) in [7, 11) is 1.60. The smallest absolute Gasteiger partial charge is 0.335 e. The molecule has 0 atom stereocenters. The van der Waals surface area contributed by atoms with Crippen molar-refractivity contribution in [3.8, 4) is 5.75 Å². The minimum atomic E-state index is -0.968. The third-order valence-corrected chi connectivity index (χ3v) is 2.49. The highest BCUT2D eigenvalue weighted by molar-refractivity contribution is 5.94. The van der Waals surface area contributed by atoms with Crippen LogP contribution in [0.3, 0.4) is 0 Å². The van der Waals surface area contributed by atoms with Gasteiger partial charge in [0.25, 0.3) is 0 Å². The van der Waals surface area contributed by atoms with Crippen LogP contribution in [0.5, 0.6) is 5.75 Å². The Labute approximate surface area is 104 Å². The summed E-state index contributed by atoms with van der Waals surface area (Å²) < 4.78 is 10.5. The molecule has 0 unspecified atom stereocenters. The van der Waals surface area contributed by atoms with E-state index in [9.17, 15) is 4.79 Å². The molecular formula is C13H13NO4. The summed E-state index contributed by atoms with van der Waals surface area (Å²) in [5.74, 6) is -0.293. The quantitative estimate of drug-likeness (QED) is 0.818. The van der Waals surface area contributed by atoms with E-state index in [1.165, 1.54) is 12.1 Å². The number of aromatic carboxylic acids is 1. The van der Waals surface area contributed by atoms with Gasteiger partial charge in [0.2, 0.25) is 0 Å². The number of hydrogen-bond donors (Lipinski definition) is 1. The van der Waals surface area contributed by atoms with E-state index >= 15 is 0 Å². The van der Waals surface area contributed by atoms with Crippen molar-refractivity contribution in [1.29, 1.82) is 0 Å². The van der Waals surface area contributed by atoms with E-state index in [4.69, 9.17) is 14.6 Å². The molecule has 94 valence electrons. The normalized spacial score (nSPS) is 10.5. The lowest BCUT2D eigenvalue weighted by molar-refractivity contribution is 0.0697. The maximum atomic E-state index is 10.9. The van der Waals surface area contributed by atoms with Gasteiger partial charge in [-0.25, -0.2) is 4.79 Å². The van der Waals surface area contributed by atoms with Crippen molar-refractivity contribution >= 4 is 16.9 Å². The standard InChI is InChI=1S/C13H13NO4/c1-17-6-7-18-12-4-5-14-11-8-9(13(15)16)2-3-10(11)12/h2-5,8H,6-7H2,1H3,(H,15,16). The monoisotopic (exact) mass is 247 g/mol. The van der Waals surface area contributed by atoms with E-state index in [0.29, 0.717) is 24.5 Å². The average Bonchev–Trinajstić information content (AvgIpc) is 2.38. The van der Waals surface area contributed by atoms with Crippen LogP contribution in [0.15, 0.2) is 30.5 Å². The fourth-order valence-corrected chi connectivity index (χ4v) is 1.62. The van der Waals surface area contributed by atoms with Crippen molar-refractivity contribution in [3.63, 3.8) is 0 Å². The summed E-state index contributed by atoms with van der Waals surface area (Å²) in [6, 6.07) is 6.52. The highest BCUT2D eigenvalue weighted by atomic mass is 16.5. The molecule has 1 N–H and O–H groups in total. The van der Waals surface area contributed by atoms with Crippen LogP contribution in [0.1, 0.15) is 10.4 Å². The van der Waals surface area contributed by atoms with Crippen molar-refractivity contribution < 1.29 is 19.4 Å². The molecule has 0 bridgehead atoms. The van der Waals surface area contributed by atoms with Gasteiger partial charge in [-0.1, -0.05) is 0 Å². The van der Waals surface area contributed by atoms with Gasteiger partial charge in [0.1, 0.15) is 12.4 Å². The number of rotatable bonds is 5. The second-order valence-electron chi connectivity index (χ2n) is 3.69. The summed E-state index contributed by atoms with van der Waals surface area (Å²) in [4.78, 5) is 15.0. The zero-order chi connectivity index (χ0) is 13.0. The van der Waals surface area contributed by atoms with Crippen LogP contribution in [-0.2, 0) is 4.74 Å². The van der Waals surface area contributed by atoms with Crippen LogP contribution in [-0.4, -0.2) is 36.4 Å². The number of hydrogen-bond acceptors (Lipinski definition) is 4. The van der Waals surface area contributed by atoms with E-state index < -0.39 is 5.97 Å². The topological polar surface area (TPSA) is 68.7 Å². The van der Waals surface area contributed by atoms with Gasteiger partial charge < -0.3 is 14.6 Å². The molecule has 0 fully saturated rings. The Morgan fingerprint density at radius 1 is 1.33 bits per heavy atom. The Kier molecular flexibility index (Phi) is 3.74. The third-order valence-electron chi connectivity index (χ3n) is 2.49. The number of carbonyl (C=O) groups is 1. The summed E-state index contributed by atoms with van der Waals surface area (Å²) in [6.07, 6.45) is 1.59. The molecule has 0 saturated heterocycles. The molecule has 0 radical (unpaired) electrons. The fraction of sp³-hybridized carbons (Fsp3) is 0.231. The molecule has 0 amide bonds. The van der Waals surface area contributed by atoms with E-state index in [0.717, 1.165) is 5.39 Å². The SMILES string of the molecule is COCCOc1ccnc2cc(C(=O)O)ccc12. The molecule has 5 heteroatoms. The first-order chi connectivity index (χ1) is 8.72. The first-order valence-corrected chi connectivity index (χ1v) is 5.46. The van der Waals surface area contributed by atoms with E-state index in [1.807, 2.05) is 0 Å². The molecular weight excluding hydrogens is 234 g/mol. The second-order valence-corrected chi connectivity index (χ2v) is 3.69. The van der Waals surface area contributed by atoms with Gasteiger partial charge in [0, 0.05) is 18.7 Å². The lowest BCUT2D eigenvalue weighted by atomic mass is 10.1. The number of benzene rings is 1. The molecule has 2 aromatic rings. The highest BCUT2D eigenvalue weighted by Crippen LogP contribution is 2.24. The van der Waals surface area contributed by atoms with Crippen molar-refractivity contribution in [2.75, 3.05) is 20.3 Å². The Morgan fingerprint density at radius 3 is 2.89 bits per heavy atom. The number of methoxy groups -OCH3 is 1. The van der Waals surface area contributed by atoms with Gasteiger partial charge in [-0.2, -0.15) is 0 Å². The number of aromatic nitrogens is 1. The Balaban J connectivity index is 2.34. The molecule has 5 nitrogen and oxygen atoms in total. The van der Waals surface area contributed by atoms with Crippen LogP contribution < -0.4 is 4.74 Å². The number of carboxylic acid groups (broad SMARTS) is 1. The maximum Gasteiger partial charge on any atom is 0.335 e. The zero-order valence-electron chi connectivity index (χ0n) is 9.92. The maximum absolute atomic E-state index is 10.9. The van der Waals surface area contributed by atoms with Crippen LogP contribution in [0.2, 0.25) is 0 Å². The number of nitrogens with zero attached hydrogens (tertiary/aromatic N) is 1. The lowest BCUT2D eigenvalue weighted by Crippen LogP contribution is -2.05. The fourth-order valence-electron chi connectivity index (χ4n) is 1.62. The van der Waals surface area contributed by atoms with Gasteiger partial charge in [0.15, 0.2) is 0 Å². The molecule has 0 spiro atoms. The van der Waals surface area contributed by atoms with E-state index in [1.54, 1.807) is 25.4 Å². The van der Waals surface area contributed by atoms with Crippen molar-refractivity contribution in [3.05, 3.63) is 36.0 Å². The zero-order valence-corrected chi connectivity index (χ0v) is 9.92. The minimum absolute atomic E-state index is 0.212. The molecule has 0 aliphatic carbocycles. The van der Waals surface area contributed by atoms with Crippen molar-refractivity contribution in [2.45, 2.75) is 0 Å². The van der Waals surface area contributed by atoms with Gasteiger partial charge in [-0.15, -0.1) is 0 Å². The number of carboxylic acids is 1. The Morgan fingerprint density at radius 2 is 2.17 bits per heavy atom.